The van der Waals surface area contributed by atoms with Crippen LogP contribution < -0.4 is 20.5 Å². The lowest BCUT2D eigenvalue weighted by Gasteiger charge is -2.14. The second kappa shape index (κ2) is 10.5. The molecule has 0 fully saturated rings. The van der Waals surface area contributed by atoms with Crippen LogP contribution >= 0.6 is 0 Å². The molecule has 7 nitrogen and oxygen atoms in total. The summed E-state index contributed by atoms with van der Waals surface area (Å²) in [5.41, 5.74) is 1.98. The van der Waals surface area contributed by atoms with Gasteiger partial charge in [-0.05, 0) is 30.5 Å². The zero-order valence-electron chi connectivity index (χ0n) is 17.1. The SMILES string of the molecule is CCCCOc1ccc(CNc2cc(=O)n(OCCCC)c3ncncc23)cc1. The Morgan fingerprint density at radius 3 is 2.59 bits per heavy atom. The van der Waals surface area contributed by atoms with Crippen LogP contribution in [-0.4, -0.2) is 27.9 Å². The van der Waals surface area contributed by atoms with Crippen LogP contribution in [0.15, 0.2) is 47.7 Å². The predicted molar refractivity (Wildman–Crippen MR) is 114 cm³/mol. The molecule has 154 valence electrons. The summed E-state index contributed by atoms with van der Waals surface area (Å²) in [4.78, 5) is 26.5. The summed E-state index contributed by atoms with van der Waals surface area (Å²) in [5.74, 6) is 0.868. The molecule has 1 N–H and O–H groups in total. The van der Waals surface area contributed by atoms with Crippen molar-refractivity contribution in [2.24, 2.45) is 0 Å². The first-order chi connectivity index (χ1) is 14.2. The first kappa shape index (κ1) is 20.6. The van der Waals surface area contributed by atoms with Gasteiger partial charge in [0, 0.05) is 18.8 Å². The van der Waals surface area contributed by atoms with Gasteiger partial charge in [-0.2, -0.15) is 0 Å². The van der Waals surface area contributed by atoms with E-state index in [9.17, 15) is 4.79 Å². The Bertz CT molecular complexity index is 970. The third-order valence-electron chi connectivity index (χ3n) is 4.53. The second-order valence-electron chi connectivity index (χ2n) is 6.84. The minimum Gasteiger partial charge on any atom is -0.494 e. The Morgan fingerprint density at radius 2 is 1.83 bits per heavy atom. The number of pyridine rings is 1. The molecular weight excluding hydrogens is 368 g/mol. The highest BCUT2D eigenvalue weighted by Crippen LogP contribution is 2.20. The van der Waals surface area contributed by atoms with E-state index < -0.39 is 0 Å². The highest BCUT2D eigenvalue weighted by Gasteiger charge is 2.11. The van der Waals surface area contributed by atoms with Gasteiger partial charge in [-0.1, -0.05) is 38.8 Å². The van der Waals surface area contributed by atoms with Crippen LogP contribution in [0.25, 0.3) is 11.0 Å². The Kier molecular flexibility index (Phi) is 7.44. The van der Waals surface area contributed by atoms with E-state index in [4.69, 9.17) is 9.57 Å². The maximum atomic E-state index is 12.6. The standard InChI is InChI=1S/C22H28N4O3/c1-3-5-11-28-18-9-7-17(8-10-18)14-24-20-13-21(27)26(29-12-6-4-2)22-19(20)15-23-16-25-22/h7-10,13,15-16,24H,3-6,11-12,14H2,1-2H3. The van der Waals surface area contributed by atoms with E-state index in [2.05, 4.69) is 29.1 Å². The summed E-state index contributed by atoms with van der Waals surface area (Å²) in [6, 6.07) is 9.49. The number of fused-ring (bicyclic) bond motifs is 1. The zero-order valence-corrected chi connectivity index (χ0v) is 17.1. The Balaban J connectivity index is 1.73. The highest BCUT2D eigenvalue weighted by molar-refractivity contribution is 5.87. The monoisotopic (exact) mass is 396 g/mol. The number of anilines is 1. The molecule has 0 bridgehead atoms. The molecule has 0 aliphatic carbocycles. The molecule has 3 aromatic rings. The van der Waals surface area contributed by atoms with Crippen molar-refractivity contribution >= 4 is 16.7 Å². The van der Waals surface area contributed by atoms with Crippen LogP contribution in [0.4, 0.5) is 5.69 Å². The Labute approximate surface area is 170 Å². The number of nitrogens with zero attached hydrogens (tertiary/aromatic N) is 3. The van der Waals surface area contributed by atoms with Crippen LogP contribution in [0.5, 0.6) is 5.75 Å². The van der Waals surface area contributed by atoms with Crippen LogP contribution in [0.3, 0.4) is 0 Å². The first-order valence-electron chi connectivity index (χ1n) is 10.2. The molecule has 0 saturated carbocycles. The van der Waals surface area contributed by atoms with Crippen molar-refractivity contribution < 1.29 is 9.57 Å². The zero-order chi connectivity index (χ0) is 20.5. The van der Waals surface area contributed by atoms with Crippen LogP contribution in [0, 0.1) is 0 Å². The van der Waals surface area contributed by atoms with E-state index in [-0.39, 0.29) is 5.56 Å². The lowest BCUT2D eigenvalue weighted by atomic mass is 10.2. The molecule has 0 aliphatic heterocycles. The molecule has 0 unspecified atom stereocenters. The molecule has 2 aromatic heterocycles. The summed E-state index contributed by atoms with van der Waals surface area (Å²) in [7, 11) is 0. The van der Waals surface area contributed by atoms with Crippen molar-refractivity contribution in [3.05, 3.63) is 58.8 Å². The lowest BCUT2D eigenvalue weighted by Crippen LogP contribution is -2.28. The van der Waals surface area contributed by atoms with E-state index in [0.29, 0.717) is 24.5 Å². The molecule has 0 saturated heterocycles. The topological polar surface area (TPSA) is 78.3 Å². The number of hydrogen-bond acceptors (Lipinski definition) is 6. The van der Waals surface area contributed by atoms with Gasteiger partial charge in [0.2, 0.25) is 0 Å². The summed E-state index contributed by atoms with van der Waals surface area (Å²) in [5, 5.41) is 4.06. The van der Waals surface area contributed by atoms with E-state index >= 15 is 0 Å². The summed E-state index contributed by atoms with van der Waals surface area (Å²) in [6.45, 7) is 5.98. The maximum absolute atomic E-state index is 12.6. The Hall–Kier alpha value is -3.09. The fourth-order valence-corrected chi connectivity index (χ4v) is 2.85. The average Bonchev–Trinajstić information content (AvgIpc) is 2.75. The molecule has 0 aliphatic rings. The van der Waals surface area contributed by atoms with E-state index in [1.807, 2.05) is 24.3 Å². The number of unbranched alkanes of at least 4 members (excludes halogenated alkanes) is 2. The largest absolute Gasteiger partial charge is 0.494 e. The van der Waals surface area contributed by atoms with Crippen molar-refractivity contribution in [1.29, 1.82) is 0 Å². The summed E-state index contributed by atoms with van der Waals surface area (Å²) in [6.07, 6.45) is 7.13. The van der Waals surface area contributed by atoms with Crippen LogP contribution in [-0.2, 0) is 6.54 Å². The van der Waals surface area contributed by atoms with E-state index in [1.165, 1.54) is 17.1 Å². The van der Waals surface area contributed by atoms with Gasteiger partial charge in [0.25, 0.3) is 5.56 Å². The second-order valence-corrected chi connectivity index (χ2v) is 6.84. The van der Waals surface area contributed by atoms with Crippen molar-refractivity contribution in [2.75, 3.05) is 18.5 Å². The van der Waals surface area contributed by atoms with Crippen LogP contribution in [0.2, 0.25) is 0 Å². The van der Waals surface area contributed by atoms with Gasteiger partial charge in [0.15, 0.2) is 5.65 Å². The number of nitrogens with one attached hydrogen (secondary N) is 1. The summed E-state index contributed by atoms with van der Waals surface area (Å²) >= 11 is 0. The molecular formula is C22H28N4O3. The average molecular weight is 396 g/mol. The quantitative estimate of drug-likeness (QED) is 0.497. The molecule has 29 heavy (non-hydrogen) atoms. The molecule has 0 spiro atoms. The number of hydrogen-bond donors (Lipinski definition) is 1. The fourth-order valence-electron chi connectivity index (χ4n) is 2.85. The lowest BCUT2D eigenvalue weighted by molar-refractivity contribution is 0.108. The van der Waals surface area contributed by atoms with Gasteiger partial charge in [-0.25, -0.2) is 9.97 Å². The maximum Gasteiger partial charge on any atom is 0.287 e. The van der Waals surface area contributed by atoms with Gasteiger partial charge < -0.3 is 14.9 Å². The molecule has 1 aromatic carbocycles. The van der Waals surface area contributed by atoms with Crippen molar-refractivity contribution in [3.63, 3.8) is 0 Å². The van der Waals surface area contributed by atoms with Gasteiger partial charge >= 0.3 is 0 Å². The van der Waals surface area contributed by atoms with E-state index in [0.717, 1.165) is 49.0 Å². The van der Waals surface area contributed by atoms with Gasteiger partial charge in [0.05, 0.1) is 17.7 Å². The van der Waals surface area contributed by atoms with Crippen molar-refractivity contribution in [2.45, 2.75) is 46.1 Å². The number of aromatic nitrogens is 3. The molecule has 0 amide bonds. The minimum atomic E-state index is -0.255. The molecule has 3 rings (SSSR count). The Morgan fingerprint density at radius 1 is 1.07 bits per heavy atom. The number of benzene rings is 1. The van der Waals surface area contributed by atoms with Crippen molar-refractivity contribution in [1.82, 2.24) is 14.7 Å². The van der Waals surface area contributed by atoms with Gasteiger partial charge in [-0.3, -0.25) is 4.79 Å². The number of ether oxygens (including phenoxy) is 1. The third kappa shape index (κ3) is 5.47. The van der Waals surface area contributed by atoms with Gasteiger partial charge in [0.1, 0.15) is 18.7 Å². The molecule has 0 radical (unpaired) electrons. The molecule has 7 heteroatoms. The highest BCUT2D eigenvalue weighted by atomic mass is 16.7. The fraction of sp³-hybridized carbons (Fsp3) is 0.409. The smallest absolute Gasteiger partial charge is 0.287 e. The van der Waals surface area contributed by atoms with E-state index in [1.54, 1.807) is 6.20 Å². The normalized spacial score (nSPS) is 10.8. The first-order valence-corrected chi connectivity index (χ1v) is 10.2. The molecule has 0 atom stereocenters. The van der Waals surface area contributed by atoms with Gasteiger partial charge in [-0.15, -0.1) is 4.73 Å². The summed E-state index contributed by atoms with van der Waals surface area (Å²) < 4.78 is 6.95. The number of rotatable bonds is 11. The minimum absolute atomic E-state index is 0.255. The third-order valence-corrected chi connectivity index (χ3v) is 4.53. The van der Waals surface area contributed by atoms with Crippen molar-refractivity contribution in [3.8, 4) is 5.75 Å². The molecule has 2 heterocycles. The predicted octanol–water partition coefficient (Wildman–Crippen LogP) is 3.81. The van der Waals surface area contributed by atoms with Crippen LogP contribution in [0.1, 0.15) is 45.1 Å².